The Bertz CT molecular complexity index is 978. The number of amidine groups is 1. The number of carbonyl (C=O) groups is 1. The maximum Gasteiger partial charge on any atom is 0.492 e. The lowest BCUT2D eigenvalue weighted by molar-refractivity contribution is -0.253. The van der Waals surface area contributed by atoms with Crippen LogP contribution in [0, 0.1) is 5.41 Å². The first kappa shape index (κ1) is 25.1. The average molecular weight is 517 g/mol. The summed E-state index contributed by atoms with van der Waals surface area (Å²) in [6, 6.07) is 6.55. The van der Waals surface area contributed by atoms with Gasteiger partial charge < -0.3 is 10.2 Å². The van der Waals surface area contributed by atoms with Gasteiger partial charge in [0, 0.05) is 28.4 Å². The molecule has 2 atom stereocenters. The first-order chi connectivity index (χ1) is 14.8. The molecule has 1 N–H and O–H groups in total. The summed E-state index contributed by atoms with van der Waals surface area (Å²) in [6.45, 7) is 4.97. The van der Waals surface area contributed by atoms with Gasteiger partial charge in [-0.05, 0) is 36.7 Å². The highest BCUT2D eigenvalue weighted by Crippen LogP contribution is 2.38. The van der Waals surface area contributed by atoms with Gasteiger partial charge >= 0.3 is 12.1 Å². The first-order valence-corrected chi connectivity index (χ1v) is 11.9. The van der Waals surface area contributed by atoms with Gasteiger partial charge in [0.2, 0.25) is 10.8 Å². The number of hydroxylamine groups is 3. The van der Waals surface area contributed by atoms with Gasteiger partial charge in [-0.15, -0.1) is 0 Å². The van der Waals surface area contributed by atoms with E-state index in [1.807, 2.05) is 13.8 Å². The molecular formula is C17H20ClF3N4O5S2. The predicted molar refractivity (Wildman–Crippen MR) is 110 cm³/mol. The molecule has 2 aliphatic heterocycles. The minimum absolute atomic E-state index is 0.0875. The Hall–Kier alpha value is -1.58. The fourth-order valence-corrected chi connectivity index (χ4v) is 5.59. The van der Waals surface area contributed by atoms with E-state index in [9.17, 15) is 26.4 Å². The van der Waals surface area contributed by atoms with Gasteiger partial charge in [-0.1, -0.05) is 32.0 Å². The van der Waals surface area contributed by atoms with Gasteiger partial charge in [-0.25, -0.2) is 13.2 Å². The third kappa shape index (κ3) is 5.31. The number of hydrogen-bond acceptors (Lipinski definition) is 9. The van der Waals surface area contributed by atoms with Crippen LogP contribution in [0.15, 0.2) is 39.6 Å². The van der Waals surface area contributed by atoms with Crippen molar-refractivity contribution >= 4 is 44.8 Å². The molecule has 0 saturated carbocycles. The Kier molecular flexibility index (Phi) is 7.32. The Balaban J connectivity index is 1.96. The quantitative estimate of drug-likeness (QED) is 0.350. The summed E-state index contributed by atoms with van der Waals surface area (Å²) in [6.07, 6.45) is -5.41. The number of nitrogens with zero attached hydrogens (tertiary/aromatic N) is 3. The molecule has 2 unspecified atom stereocenters. The van der Waals surface area contributed by atoms with Crippen LogP contribution in [0.2, 0.25) is 0 Å². The Morgan fingerprint density at radius 1 is 1.34 bits per heavy atom. The molecule has 2 aliphatic rings. The van der Waals surface area contributed by atoms with E-state index in [-0.39, 0.29) is 9.76 Å². The molecule has 0 bridgehead atoms. The van der Waals surface area contributed by atoms with E-state index in [2.05, 4.69) is 14.6 Å². The van der Waals surface area contributed by atoms with Crippen LogP contribution in [0.3, 0.4) is 0 Å². The van der Waals surface area contributed by atoms with Crippen LogP contribution in [0.1, 0.15) is 20.3 Å². The summed E-state index contributed by atoms with van der Waals surface area (Å²) >= 11 is 6.56. The molecule has 15 heteroatoms. The maximum absolute atomic E-state index is 13.1. The van der Waals surface area contributed by atoms with Crippen molar-refractivity contribution in [3.63, 3.8) is 0 Å². The molecule has 1 fully saturated rings. The normalized spacial score (nSPS) is 23.8. The van der Waals surface area contributed by atoms with Crippen molar-refractivity contribution in [3.05, 3.63) is 30.3 Å². The van der Waals surface area contributed by atoms with Crippen LogP contribution in [0.25, 0.3) is 0 Å². The lowest BCUT2D eigenvalue weighted by Crippen LogP contribution is -2.54. The number of piperidine rings is 1. The molecule has 3 rings (SSSR count). The molecule has 2 heterocycles. The highest BCUT2D eigenvalue weighted by atomic mass is 35.5. The molecule has 0 aromatic heterocycles. The molecule has 0 aliphatic carbocycles. The second-order valence-electron chi connectivity index (χ2n) is 7.62. The lowest BCUT2D eigenvalue weighted by Gasteiger charge is -2.41. The zero-order chi connectivity index (χ0) is 23.7. The van der Waals surface area contributed by atoms with E-state index in [0.717, 1.165) is 17.2 Å². The summed E-state index contributed by atoms with van der Waals surface area (Å²) in [4.78, 5) is 21.4. The predicted octanol–water partition coefficient (Wildman–Crippen LogP) is 2.86. The van der Waals surface area contributed by atoms with E-state index in [4.69, 9.17) is 16.4 Å². The van der Waals surface area contributed by atoms with Crippen molar-refractivity contribution in [2.45, 2.75) is 42.9 Å². The molecular weight excluding hydrogens is 497 g/mol. The summed E-state index contributed by atoms with van der Waals surface area (Å²) < 4.78 is 68.8. The second kappa shape index (κ2) is 9.35. The van der Waals surface area contributed by atoms with E-state index in [1.54, 1.807) is 0 Å². The van der Waals surface area contributed by atoms with Crippen molar-refractivity contribution in [1.82, 2.24) is 14.8 Å². The van der Waals surface area contributed by atoms with Gasteiger partial charge in [-0.3, -0.25) is 4.84 Å². The molecule has 1 aromatic rings. The van der Waals surface area contributed by atoms with E-state index in [0.29, 0.717) is 31.5 Å². The highest BCUT2D eigenvalue weighted by molar-refractivity contribution is 8.00. The van der Waals surface area contributed by atoms with Gasteiger partial charge in [0.05, 0.1) is 11.0 Å². The van der Waals surface area contributed by atoms with Crippen LogP contribution in [0.4, 0.5) is 13.2 Å². The summed E-state index contributed by atoms with van der Waals surface area (Å²) in [7, 11) is -4.76. The SMILES string of the molecule is CC1(C)CNCCC1ON1C(Cl)=NSC1N(OC(=O)C(F)(F)F)S(=O)(=O)c1ccccc1. The number of carbonyl (C=O) groups excluding carboxylic acids is 1. The standard InChI is InChI=1S/C17H20ClF3N4O5S2/c1-16(2)10-22-9-8-12(16)29-24-14(18)23-31-15(24)25(30-13(26)17(19,20)21)32(27,28)11-6-4-3-5-7-11/h3-7,12,15,22H,8-10H2,1-2H3. The van der Waals surface area contributed by atoms with Gasteiger partial charge in [-0.2, -0.15) is 22.6 Å². The third-order valence-corrected chi connectivity index (χ3v) is 7.69. The Labute approximate surface area is 192 Å². The van der Waals surface area contributed by atoms with E-state index >= 15 is 0 Å². The molecule has 9 nitrogen and oxygen atoms in total. The third-order valence-electron chi connectivity index (χ3n) is 4.74. The average Bonchev–Trinajstić information content (AvgIpc) is 3.07. The van der Waals surface area contributed by atoms with Crippen molar-refractivity contribution < 1.29 is 36.1 Å². The molecule has 1 saturated heterocycles. The zero-order valence-electron chi connectivity index (χ0n) is 16.9. The number of hydrogen-bond donors (Lipinski definition) is 1. The molecule has 1 aromatic carbocycles. The van der Waals surface area contributed by atoms with Crippen molar-refractivity contribution in [2.24, 2.45) is 9.81 Å². The smallest absolute Gasteiger partial charge is 0.342 e. The Morgan fingerprint density at radius 2 is 2.00 bits per heavy atom. The monoisotopic (exact) mass is 516 g/mol. The summed E-state index contributed by atoms with van der Waals surface area (Å²) in [5.41, 5.74) is -2.08. The number of sulfonamides is 1. The molecule has 0 radical (unpaired) electrons. The number of benzene rings is 1. The Morgan fingerprint density at radius 3 is 2.59 bits per heavy atom. The van der Waals surface area contributed by atoms with E-state index < -0.39 is 44.1 Å². The zero-order valence-corrected chi connectivity index (χ0v) is 19.3. The summed E-state index contributed by atoms with van der Waals surface area (Å²) in [5, 5.41) is 3.72. The van der Waals surface area contributed by atoms with Crippen molar-refractivity contribution in [1.29, 1.82) is 0 Å². The topological polar surface area (TPSA) is 101 Å². The second-order valence-corrected chi connectivity index (χ2v) is 10.6. The number of halogens is 4. The van der Waals surface area contributed by atoms with Gasteiger partial charge in [0.15, 0.2) is 0 Å². The van der Waals surface area contributed by atoms with Gasteiger partial charge in [0.25, 0.3) is 10.0 Å². The fraction of sp³-hybridized carbons (Fsp3) is 0.529. The summed E-state index contributed by atoms with van der Waals surface area (Å²) in [5.74, 6) is -2.72. The minimum atomic E-state index is -5.44. The van der Waals surface area contributed by atoms with Crippen molar-refractivity contribution in [2.75, 3.05) is 13.1 Å². The van der Waals surface area contributed by atoms with Crippen LogP contribution >= 0.6 is 23.5 Å². The van der Waals surface area contributed by atoms with Crippen LogP contribution < -0.4 is 5.32 Å². The maximum atomic E-state index is 13.1. The van der Waals surface area contributed by atoms with Crippen molar-refractivity contribution in [3.8, 4) is 0 Å². The lowest BCUT2D eigenvalue weighted by atomic mass is 9.82. The van der Waals surface area contributed by atoms with Crippen LogP contribution in [0.5, 0.6) is 0 Å². The number of rotatable bonds is 6. The highest BCUT2D eigenvalue weighted by Gasteiger charge is 2.51. The fourth-order valence-electron chi connectivity index (χ4n) is 3.01. The van der Waals surface area contributed by atoms with Crippen LogP contribution in [-0.2, 0) is 24.5 Å². The first-order valence-electron chi connectivity index (χ1n) is 9.29. The molecule has 178 valence electrons. The van der Waals surface area contributed by atoms with Gasteiger partial charge in [0.1, 0.15) is 0 Å². The van der Waals surface area contributed by atoms with E-state index in [1.165, 1.54) is 18.2 Å². The molecule has 0 amide bonds. The molecule has 32 heavy (non-hydrogen) atoms. The largest absolute Gasteiger partial charge is 0.492 e. The minimum Gasteiger partial charge on any atom is -0.342 e. The number of nitrogens with one attached hydrogen (secondary N) is 1. The molecule has 0 spiro atoms. The number of alkyl halides is 3. The van der Waals surface area contributed by atoms with Crippen LogP contribution in [-0.4, -0.2) is 60.1 Å².